The molecule has 1 aliphatic rings. The van der Waals surface area contributed by atoms with Gasteiger partial charge in [0.25, 0.3) is 0 Å². The first-order chi connectivity index (χ1) is 14.0. The van der Waals surface area contributed by atoms with Gasteiger partial charge in [0.2, 0.25) is 11.8 Å². The zero-order valence-electron chi connectivity index (χ0n) is 17.0. The number of aryl methyl sites for hydroxylation is 3. The van der Waals surface area contributed by atoms with Crippen molar-refractivity contribution in [3.63, 3.8) is 0 Å². The molecule has 7 nitrogen and oxygen atoms in total. The van der Waals surface area contributed by atoms with E-state index in [1.807, 2.05) is 51.1 Å². The van der Waals surface area contributed by atoms with Gasteiger partial charge in [-0.05, 0) is 63.9 Å². The second-order valence-corrected chi connectivity index (χ2v) is 7.55. The Bertz CT molecular complexity index is 1020. The highest BCUT2D eigenvalue weighted by Crippen LogP contribution is 2.27. The molecule has 7 heteroatoms. The maximum atomic E-state index is 12.3. The maximum Gasteiger partial charge on any atom is 0.227 e. The highest BCUT2D eigenvalue weighted by atomic mass is 16.5. The molecule has 1 amide bonds. The number of nitrogens with one attached hydrogen (secondary N) is 1. The van der Waals surface area contributed by atoms with E-state index < -0.39 is 0 Å². The van der Waals surface area contributed by atoms with Crippen LogP contribution >= 0.6 is 0 Å². The van der Waals surface area contributed by atoms with Gasteiger partial charge in [0.05, 0.1) is 5.69 Å². The predicted molar refractivity (Wildman–Crippen MR) is 110 cm³/mol. The number of aromatic nitrogens is 4. The van der Waals surface area contributed by atoms with Crippen LogP contribution in [0.2, 0.25) is 0 Å². The number of hydrogen-bond acceptors (Lipinski definition) is 5. The largest absolute Gasteiger partial charge is 0.439 e. The lowest BCUT2D eigenvalue weighted by molar-refractivity contribution is -0.119. The number of carbonyl (C=O) groups excluding carboxylic acids is 1. The first kappa shape index (κ1) is 19.1. The van der Waals surface area contributed by atoms with Crippen molar-refractivity contribution in [1.82, 2.24) is 19.7 Å². The number of hydrogen-bond donors (Lipinski definition) is 1. The summed E-state index contributed by atoms with van der Waals surface area (Å²) in [5, 5.41) is 7.46. The van der Waals surface area contributed by atoms with Gasteiger partial charge in [-0.25, -0.2) is 9.67 Å². The number of rotatable bonds is 5. The monoisotopic (exact) mass is 391 g/mol. The lowest BCUT2D eigenvalue weighted by Gasteiger charge is -2.11. The third kappa shape index (κ3) is 4.45. The molecule has 0 bridgehead atoms. The first-order valence-electron chi connectivity index (χ1n) is 9.96. The minimum absolute atomic E-state index is 0.108. The van der Waals surface area contributed by atoms with Crippen LogP contribution in [0.15, 0.2) is 36.4 Å². The second-order valence-electron chi connectivity index (χ2n) is 7.55. The Balaban J connectivity index is 1.47. The van der Waals surface area contributed by atoms with Crippen LogP contribution in [0, 0.1) is 26.7 Å². The molecule has 3 aromatic rings. The summed E-state index contributed by atoms with van der Waals surface area (Å²) in [6.07, 6.45) is 4.25. The lowest BCUT2D eigenvalue weighted by Crippen LogP contribution is -2.20. The third-order valence-electron chi connectivity index (χ3n) is 5.10. The second kappa shape index (κ2) is 8.03. The molecule has 1 aliphatic carbocycles. The van der Waals surface area contributed by atoms with Crippen molar-refractivity contribution in [3.05, 3.63) is 53.6 Å². The molecule has 1 saturated carbocycles. The SMILES string of the molecule is Cc1cc(C)n(-c2cc(Oc3ccc(NC(=O)C4CCCC4)cc3)nc(C)n2)n1. The number of ether oxygens (including phenoxy) is 1. The summed E-state index contributed by atoms with van der Waals surface area (Å²) in [5.74, 6) is 2.60. The molecule has 0 radical (unpaired) electrons. The van der Waals surface area contributed by atoms with Gasteiger partial charge in [0.1, 0.15) is 11.6 Å². The van der Waals surface area contributed by atoms with Gasteiger partial charge in [-0.15, -0.1) is 0 Å². The molecule has 0 aliphatic heterocycles. The van der Waals surface area contributed by atoms with Crippen molar-refractivity contribution in [2.24, 2.45) is 5.92 Å². The van der Waals surface area contributed by atoms with E-state index in [9.17, 15) is 4.79 Å². The molecule has 29 heavy (non-hydrogen) atoms. The van der Waals surface area contributed by atoms with Crippen LogP contribution in [0.4, 0.5) is 5.69 Å². The Hall–Kier alpha value is -3.22. The van der Waals surface area contributed by atoms with E-state index in [4.69, 9.17) is 4.74 Å². The van der Waals surface area contributed by atoms with E-state index in [-0.39, 0.29) is 11.8 Å². The van der Waals surface area contributed by atoms with Gasteiger partial charge in [0, 0.05) is 23.4 Å². The summed E-state index contributed by atoms with van der Waals surface area (Å²) in [5.41, 5.74) is 2.70. The van der Waals surface area contributed by atoms with E-state index in [1.165, 1.54) is 0 Å². The fourth-order valence-electron chi connectivity index (χ4n) is 3.71. The molecule has 150 valence electrons. The van der Waals surface area contributed by atoms with E-state index in [0.717, 1.165) is 42.8 Å². The smallest absolute Gasteiger partial charge is 0.227 e. The Morgan fingerprint density at radius 3 is 2.45 bits per heavy atom. The van der Waals surface area contributed by atoms with Crippen LogP contribution in [0.5, 0.6) is 11.6 Å². The minimum atomic E-state index is 0.108. The van der Waals surface area contributed by atoms with Gasteiger partial charge < -0.3 is 10.1 Å². The molecule has 1 aromatic carbocycles. The Morgan fingerprint density at radius 2 is 1.79 bits per heavy atom. The van der Waals surface area contributed by atoms with Crippen LogP contribution in [0.3, 0.4) is 0 Å². The lowest BCUT2D eigenvalue weighted by atomic mass is 10.1. The van der Waals surface area contributed by atoms with Crippen molar-refractivity contribution in [1.29, 1.82) is 0 Å². The normalized spacial score (nSPS) is 14.2. The summed E-state index contributed by atoms with van der Waals surface area (Å²) >= 11 is 0. The highest BCUT2D eigenvalue weighted by Gasteiger charge is 2.22. The van der Waals surface area contributed by atoms with Gasteiger partial charge in [-0.3, -0.25) is 4.79 Å². The topological polar surface area (TPSA) is 81.9 Å². The molecule has 0 saturated heterocycles. The zero-order valence-corrected chi connectivity index (χ0v) is 17.0. The van der Waals surface area contributed by atoms with Crippen LogP contribution < -0.4 is 10.1 Å². The van der Waals surface area contributed by atoms with Crippen molar-refractivity contribution in [2.75, 3.05) is 5.32 Å². The van der Waals surface area contributed by atoms with Crippen molar-refractivity contribution in [2.45, 2.75) is 46.5 Å². The number of benzene rings is 1. The molecule has 1 fully saturated rings. The molecule has 0 unspecified atom stereocenters. The van der Waals surface area contributed by atoms with Crippen LogP contribution in [0.1, 0.15) is 42.9 Å². The van der Waals surface area contributed by atoms with Crippen LogP contribution in [-0.4, -0.2) is 25.7 Å². The van der Waals surface area contributed by atoms with Gasteiger partial charge in [0.15, 0.2) is 5.82 Å². The van der Waals surface area contributed by atoms with E-state index >= 15 is 0 Å². The van der Waals surface area contributed by atoms with Crippen molar-refractivity contribution in [3.8, 4) is 17.4 Å². The van der Waals surface area contributed by atoms with Crippen LogP contribution in [0.25, 0.3) is 5.82 Å². The van der Waals surface area contributed by atoms with Crippen LogP contribution in [-0.2, 0) is 4.79 Å². The average molecular weight is 391 g/mol. The van der Waals surface area contributed by atoms with Gasteiger partial charge in [-0.1, -0.05) is 12.8 Å². The predicted octanol–water partition coefficient (Wildman–Crippen LogP) is 4.51. The molecular weight excluding hydrogens is 366 g/mol. The Labute approximate surface area is 170 Å². The fraction of sp³-hybridized carbons (Fsp3) is 0.364. The van der Waals surface area contributed by atoms with Crippen molar-refractivity contribution >= 4 is 11.6 Å². The Kier molecular flexibility index (Phi) is 5.29. The minimum Gasteiger partial charge on any atom is -0.439 e. The van der Waals surface area contributed by atoms with E-state index in [0.29, 0.717) is 23.3 Å². The molecule has 1 N–H and O–H groups in total. The van der Waals surface area contributed by atoms with E-state index in [1.54, 1.807) is 10.7 Å². The number of amides is 1. The average Bonchev–Trinajstić information content (AvgIpc) is 3.32. The number of carbonyl (C=O) groups is 1. The quantitative estimate of drug-likeness (QED) is 0.692. The molecule has 0 atom stereocenters. The molecule has 4 rings (SSSR count). The molecule has 2 heterocycles. The summed E-state index contributed by atoms with van der Waals surface area (Å²) < 4.78 is 7.70. The van der Waals surface area contributed by atoms with Gasteiger partial charge in [-0.2, -0.15) is 10.1 Å². The molecular formula is C22H25N5O2. The first-order valence-corrected chi connectivity index (χ1v) is 9.96. The molecule has 0 spiro atoms. The van der Waals surface area contributed by atoms with Crippen molar-refractivity contribution < 1.29 is 9.53 Å². The highest BCUT2D eigenvalue weighted by molar-refractivity contribution is 5.92. The fourth-order valence-corrected chi connectivity index (χ4v) is 3.71. The van der Waals surface area contributed by atoms with Gasteiger partial charge >= 0.3 is 0 Å². The number of nitrogens with zero attached hydrogens (tertiary/aromatic N) is 4. The summed E-state index contributed by atoms with van der Waals surface area (Å²) in [7, 11) is 0. The standard InChI is InChI=1S/C22H25N5O2/c1-14-12-15(2)27(26-14)20-13-21(24-16(3)23-20)29-19-10-8-18(9-11-19)25-22(28)17-6-4-5-7-17/h8-13,17H,4-7H2,1-3H3,(H,25,28). The summed E-state index contributed by atoms with van der Waals surface area (Å²) in [4.78, 5) is 21.1. The zero-order chi connectivity index (χ0) is 20.4. The van der Waals surface area contributed by atoms with E-state index in [2.05, 4.69) is 20.4 Å². The number of anilines is 1. The Morgan fingerprint density at radius 1 is 1.07 bits per heavy atom. The summed E-state index contributed by atoms with van der Waals surface area (Å²) in [6.45, 7) is 5.75. The molecule has 2 aromatic heterocycles. The maximum absolute atomic E-state index is 12.3. The summed E-state index contributed by atoms with van der Waals surface area (Å²) in [6, 6.07) is 11.1. The third-order valence-corrected chi connectivity index (χ3v) is 5.10.